The Bertz CT molecular complexity index is 1120. The standard InChI is InChI=1S/C20H22N2O5S2/c1-22(12-10-21)11-5-13-27-16-8-9-18-19(14-16)28(23,24)15-20(18)29(25,26)17-6-3-2-4-7-17/h2-4,6-9,14,20H,5,11-13,15H2,1H3. The number of benzene rings is 2. The van der Waals surface area contributed by atoms with Gasteiger partial charge in [-0.15, -0.1) is 0 Å². The number of rotatable bonds is 8. The molecule has 1 unspecified atom stereocenters. The van der Waals surface area contributed by atoms with E-state index in [1.165, 1.54) is 24.3 Å². The summed E-state index contributed by atoms with van der Waals surface area (Å²) in [6.07, 6.45) is 0.674. The van der Waals surface area contributed by atoms with E-state index in [2.05, 4.69) is 6.07 Å². The lowest BCUT2D eigenvalue weighted by atomic mass is 10.1. The van der Waals surface area contributed by atoms with Crippen LogP contribution in [0.3, 0.4) is 0 Å². The topological polar surface area (TPSA) is 105 Å². The van der Waals surface area contributed by atoms with Crippen molar-refractivity contribution in [2.24, 2.45) is 0 Å². The average molecular weight is 435 g/mol. The molecule has 0 saturated carbocycles. The van der Waals surface area contributed by atoms with Crippen LogP contribution in [0.25, 0.3) is 0 Å². The molecule has 2 aromatic carbocycles. The minimum Gasteiger partial charge on any atom is -0.494 e. The van der Waals surface area contributed by atoms with Gasteiger partial charge in [-0.3, -0.25) is 4.90 Å². The summed E-state index contributed by atoms with van der Waals surface area (Å²) in [5.74, 6) is -0.0878. The molecule has 9 heteroatoms. The maximum absolute atomic E-state index is 13.0. The zero-order valence-corrected chi connectivity index (χ0v) is 17.6. The largest absolute Gasteiger partial charge is 0.494 e. The first-order valence-electron chi connectivity index (χ1n) is 9.09. The maximum Gasteiger partial charge on any atom is 0.186 e. The van der Waals surface area contributed by atoms with Crippen molar-refractivity contribution in [3.8, 4) is 11.8 Å². The van der Waals surface area contributed by atoms with E-state index in [-0.39, 0.29) is 15.4 Å². The Morgan fingerprint density at radius 3 is 2.62 bits per heavy atom. The molecule has 0 spiro atoms. The molecular weight excluding hydrogens is 412 g/mol. The molecule has 0 aliphatic carbocycles. The van der Waals surface area contributed by atoms with Crippen LogP contribution in [0.2, 0.25) is 0 Å². The van der Waals surface area contributed by atoms with Crippen molar-refractivity contribution >= 4 is 19.7 Å². The van der Waals surface area contributed by atoms with Gasteiger partial charge in [0, 0.05) is 6.54 Å². The van der Waals surface area contributed by atoms with Gasteiger partial charge in [0.15, 0.2) is 19.7 Å². The third-order valence-corrected chi connectivity index (χ3v) is 8.88. The SMILES string of the molecule is CN(CC#N)CCCOc1ccc2c(c1)S(=O)(=O)CC2S(=O)(=O)c1ccccc1. The molecule has 29 heavy (non-hydrogen) atoms. The zero-order valence-electron chi connectivity index (χ0n) is 16.0. The molecule has 0 aromatic heterocycles. The molecule has 0 fully saturated rings. The van der Waals surface area contributed by atoms with Crippen molar-refractivity contribution in [3.05, 3.63) is 54.1 Å². The lowest BCUT2D eigenvalue weighted by molar-refractivity contribution is 0.273. The summed E-state index contributed by atoms with van der Waals surface area (Å²) in [4.78, 5) is 1.98. The van der Waals surface area contributed by atoms with Crippen molar-refractivity contribution in [3.63, 3.8) is 0 Å². The molecule has 1 aliphatic rings. The fourth-order valence-corrected chi connectivity index (χ4v) is 7.63. The smallest absolute Gasteiger partial charge is 0.186 e. The average Bonchev–Trinajstić information content (AvgIpc) is 2.97. The van der Waals surface area contributed by atoms with Gasteiger partial charge in [-0.1, -0.05) is 24.3 Å². The van der Waals surface area contributed by atoms with E-state index in [4.69, 9.17) is 10.00 Å². The van der Waals surface area contributed by atoms with E-state index in [9.17, 15) is 16.8 Å². The van der Waals surface area contributed by atoms with E-state index in [0.717, 1.165) is 0 Å². The van der Waals surface area contributed by atoms with Crippen molar-refractivity contribution in [1.82, 2.24) is 4.90 Å². The van der Waals surface area contributed by atoms with Gasteiger partial charge in [-0.2, -0.15) is 5.26 Å². The summed E-state index contributed by atoms with van der Waals surface area (Å²) < 4.78 is 56.8. The number of sulfone groups is 2. The highest BCUT2D eigenvalue weighted by atomic mass is 32.2. The number of hydrogen-bond donors (Lipinski definition) is 0. The summed E-state index contributed by atoms with van der Waals surface area (Å²) in [7, 11) is -5.72. The molecular formula is C20H22N2O5S2. The van der Waals surface area contributed by atoms with E-state index >= 15 is 0 Å². The second kappa shape index (κ2) is 8.53. The molecule has 0 radical (unpaired) electrons. The second-order valence-corrected chi connectivity index (χ2v) is 11.1. The predicted molar refractivity (Wildman–Crippen MR) is 108 cm³/mol. The molecule has 1 heterocycles. The van der Waals surface area contributed by atoms with E-state index < -0.39 is 30.7 Å². The summed E-state index contributed by atoms with van der Waals surface area (Å²) in [5, 5.41) is 7.51. The van der Waals surface area contributed by atoms with Gasteiger partial charge in [0.05, 0.1) is 34.8 Å². The molecule has 2 aromatic rings. The summed E-state index contributed by atoms with van der Waals surface area (Å²) >= 11 is 0. The van der Waals surface area contributed by atoms with Crippen molar-refractivity contribution in [2.45, 2.75) is 21.5 Å². The predicted octanol–water partition coefficient (Wildman–Crippen LogP) is 2.21. The summed E-state index contributed by atoms with van der Waals surface area (Å²) in [6.45, 7) is 1.36. The van der Waals surface area contributed by atoms with Gasteiger partial charge in [-0.05, 0) is 43.3 Å². The van der Waals surface area contributed by atoms with Crippen LogP contribution in [0.5, 0.6) is 5.75 Å². The molecule has 7 nitrogen and oxygen atoms in total. The molecule has 0 bridgehead atoms. The third kappa shape index (κ3) is 4.61. The van der Waals surface area contributed by atoms with Crippen LogP contribution in [0.1, 0.15) is 17.2 Å². The summed E-state index contributed by atoms with van der Waals surface area (Å²) in [5.41, 5.74) is 0.287. The zero-order chi connectivity index (χ0) is 21.1. The minimum absolute atomic E-state index is 0.0149. The van der Waals surface area contributed by atoms with E-state index in [1.807, 2.05) is 11.9 Å². The molecule has 1 aliphatic heterocycles. The number of nitrogens with zero attached hydrogens (tertiary/aromatic N) is 2. The van der Waals surface area contributed by atoms with Crippen LogP contribution in [-0.4, -0.2) is 54.2 Å². The van der Waals surface area contributed by atoms with Gasteiger partial charge in [0.25, 0.3) is 0 Å². The normalized spacial score (nSPS) is 17.6. The van der Waals surface area contributed by atoms with Crippen molar-refractivity contribution < 1.29 is 21.6 Å². The van der Waals surface area contributed by atoms with E-state index in [1.54, 1.807) is 24.3 Å². The van der Waals surface area contributed by atoms with Crippen LogP contribution in [-0.2, 0) is 19.7 Å². The van der Waals surface area contributed by atoms with Crippen molar-refractivity contribution in [1.29, 1.82) is 5.26 Å². The Morgan fingerprint density at radius 1 is 1.21 bits per heavy atom. The molecule has 1 atom stereocenters. The first-order valence-corrected chi connectivity index (χ1v) is 12.3. The number of hydrogen-bond acceptors (Lipinski definition) is 7. The molecule has 0 amide bonds. The molecule has 0 saturated heterocycles. The lowest BCUT2D eigenvalue weighted by Gasteiger charge is -2.14. The molecule has 3 rings (SSSR count). The van der Waals surface area contributed by atoms with Crippen LogP contribution >= 0.6 is 0 Å². The first-order chi connectivity index (χ1) is 13.8. The van der Waals surface area contributed by atoms with Gasteiger partial charge in [0.2, 0.25) is 0 Å². The number of ether oxygens (including phenoxy) is 1. The Morgan fingerprint density at radius 2 is 1.93 bits per heavy atom. The fraction of sp³-hybridized carbons (Fsp3) is 0.350. The second-order valence-electron chi connectivity index (χ2n) is 6.93. The Balaban J connectivity index is 1.79. The van der Waals surface area contributed by atoms with Gasteiger partial charge >= 0.3 is 0 Å². The first kappa shape index (κ1) is 21.3. The fourth-order valence-electron chi connectivity index (χ4n) is 3.27. The molecule has 0 N–H and O–H groups in total. The summed E-state index contributed by atoms with van der Waals surface area (Å²) in [6, 6.07) is 14.5. The van der Waals surface area contributed by atoms with Gasteiger partial charge in [0.1, 0.15) is 11.0 Å². The van der Waals surface area contributed by atoms with Crippen LogP contribution in [0.15, 0.2) is 58.3 Å². The third-order valence-electron chi connectivity index (χ3n) is 4.78. The highest BCUT2D eigenvalue weighted by Crippen LogP contribution is 2.42. The number of fused-ring (bicyclic) bond motifs is 1. The quantitative estimate of drug-likeness (QED) is 0.463. The Kier molecular flexibility index (Phi) is 6.27. The molecule has 154 valence electrons. The Labute approximate surface area is 171 Å². The van der Waals surface area contributed by atoms with Crippen LogP contribution in [0.4, 0.5) is 0 Å². The van der Waals surface area contributed by atoms with Gasteiger partial charge in [-0.25, -0.2) is 16.8 Å². The monoisotopic (exact) mass is 434 g/mol. The highest BCUT2D eigenvalue weighted by Gasteiger charge is 2.43. The van der Waals surface area contributed by atoms with Crippen LogP contribution < -0.4 is 4.74 Å². The minimum atomic E-state index is -3.82. The van der Waals surface area contributed by atoms with Crippen molar-refractivity contribution in [2.75, 3.05) is 32.5 Å². The lowest BCUT2D eigenvalue weighted by Crippen LogP contribution is -2.21. The number of nitriles is 1. The highest BCUT2D eigenvalue weighted by molar-refractivity contribution is 7.96. The van der Waals surface area contributed by atoms with Gasteiger partial charge < -0.3 is 4.74 Å². The maximum atomic E-state index is 13.0. The van der Waals surface area contributed by atoms with Crippen LogP contribution in [0, 0.1) is 11.3 Å². The van der Waals surface area contributed by atoms with E-state index in [0.29, 0.717) is 31.9 Å². The Hall–Kier alpha value is -2.41.